The van der Waals surface area contributed by atoms with Crippen molar-refractivity contribution >= 4 is 17.5 Å². The van der Waals surface area contributed by atoms with Crippen LogP contribution in [0.15, 0.2) is 42.5 Å². The molecule has 2 aromatic carbocycles. The lowest BCUT2D eigenvalue weighted by Gasteiger charge is -2.36. The Morgan fingerprint density at radius 2 is 1.87 bits per heavy atom. The normalized spacial score (nSPS) is 14.9. The molecule has 1 aliphatic heterocycles. The third-order valence-corrected chi connectivity index (χ3v) is 5.27. The molecule has 2 amide bonds. The molecular formula is C23H28FN3O3. The average molecular weight is 413 g/mol. The van der Waals surface area contributed by atoms with E-state index in [1.165, 1.54) is 13.0 Å². The number of nitrogens with one attached hydrogen (secondary N) is 1. The lowest BCUT2D eigenvalue weighted by atomic mass is 10.1. The van der Waals surface area contributed by atoms with Crippen LogP contribution in [0.5, 0.6) is 5.75 Å². The van der Waals surface area contributed by atoms with Gasteiger partial charge in [0.1, 0.15) is 11.6 Å². The highest BCUT2D eigenvalue weighted by molar-refractivity contribution is 5.94. The minimum atomic E-state index is -0.414. The Morgan fingerprint density at radius 3 is 2.50 bits per heavy atom. The zero-order valence-corrected chi connectivity index (χ0v) is 17.7. The van der Waals surface area contributed by atoms with E-state index in [-0.39, 0.29) is 17.9 Å². The first-order valence-electron chi connectivity index (χ1n) is 10.2. The van der Waals surface area contributed by atoms with Crippen LogP contribution in [0.3, 0.4) is 0 Å². The molecule has 0 radical (unpaired) electrons. The van der Waals surface area contributed by atoms with Crippen LogP contribution in [0.4, 0.5) is 14.9 Å². The van der Waals surface area contributed by atoms with Gasteiger partial charge in [0.05, 0.1) is 18.3 Å². The predicted molar refractivity (Wildman–Crippen MR) is 115 cm³/mol. The van der Waals surface area contributed by atoms with E-state index in [0.717, 1.165) is 11.3 Å². The molecule has 6 nitrogen and oxygen atoms in total. The molecule has 1 saturated heterocycles. The number of Topliss-reactive ketones (excluding diaryl/α,β-unsaturated/α-hetero) is 1. The van der Waals surface area contributed by atoms with E-state index in [4.69, 9.17) is 4.74 Å². The summed E-state index contributed by atoms with van der Waals surface area (Å²) in [6.45, 7) is 7.91. The number of anilines is 1. The van der Waals surface area contributed by atoms with E-state index in [0.29, 0.717) is 44.0 Å². The van der Waals surface area contributed by atoms with Gasteiger partial charge in [0.25, 0.3) is 0 Å². The lowest BCUT2D eigenvalue weighted by molar-refractivity contribution is 0.101. The van der Waals surface area contributed by atoms with Gasteiger partial charge in [0.2, 0.25) is 0 Å². The van der Waals surface area contributed by atoms with Crippen molar-refractivity contribution in [3.05, 3.63) is 59.4 Å². The molecule has 1 unspecified atom stereocenters. The first kappa shape index (κ1) is 21.6. The van der Waals surface area contributed by atoms with Crippen molar-refractivity contribution < 1.29 is 18.7 Å². The Morgan fingerprint density at radius 1 is 1.13 bits per heavy atom. The quantitative estimate of drug-likeness (QED) is 0.727. The SMILES string of the molecule is CCOc1cccc(C(C)NC(=O)N2CCN(c3ccc(C(C)=O)cc3F)CC2)c1. The number of halogens is 1. The van der Waals surface area contributed by atoms with Gasteiger partial charge < -0.3 is 19.9 Å². The fourth-order valence-corrected chi connectivity index (χ4v) is 3.53. The molecule has 0 aliphatic carbocycles. The number of rotatable bonds is 6. The molecule has 1 N–H and O–H groups in total. The van der Waals surface area contributed by atoms with Crippen LogP contribution in [-0.2, 0) is 0 Å². The Kier molecular flexibility index (Phi) is 6.92. The molecule has 1 fully saturated rings. The molecule has 1 heterocycles. The first-order valence-corrected chi connectivity index (χ1v) is 10.2. The summed E-state index contributed by atoms with van der Waals surface area (Å²) in [5.41, 5.74) is 1.79. The molecule has 3 rings (SSSR count). The van der Waals surface area contributed by atoms with Crippen LogP contribution in [0.25, 0.3) is 0 Å². The fraction of sp³-hybridized carbons (Fsp3) is 0.391. The molecule has 1 aliphatic rings. The van der Waals surface area contributed by atoms with Crippen LogP contribution >= 0.6 is 0 Å². The minimum Gasteiger partial charge on any atom is -0.494 e. The Hall–Kier alpha value is -3.09. The maximum Gasteiger partial charge on any atom is 0.317 e. The summed E-state index contributed by atoms with van der Waals surface area (Å²) in [6.07, 6.45) is 0. The largest absolute Gasteiger partial charge is 0.494 e. The minimum absolute atomic E-state index is 0.142. The summed E-state index contributed by atoms with van der Waals surface area (Å²) in [5.74, 6) is 0.203. The molecule has 0 spiro atoms. The van der Waals surface area contributed by atoms with Gasteiger partial charge in [-0.25, -0.2) is 9.18 Å². The summed E-state index contributed by atoms with van der Waals surface area (Å²) < 4.78 is 19.9. The highest BCUT2D eigenvalue weighted by atomic mass is 19.1. The van der Waals surface area contributed by atoms with E-state index >= 15 is 0 Å². The molecule has 1 atom stereocenters. The molecule has 30 heavy (non-hydrogen) atoms. The van der Waals surface area contributed by atoms with E-state index < -0.39 is 5.82 Å². The van der Waals surface area contributed by atoms with Gasteiger partial charge >= 0.3 is 6.03 Å². The van der Waals surface area contributed by atoms with Crippen molar-refractivity contribution in [2.75, 3.05) is 37.7 Å². The maximum absolute atomic E-state index is 14.4. The Labute approximate surface area is 176 Å². The third kappa shape index (κ3) is 5.09. The zero-order valence-electron chi connectivity index (χ0n) is 17.7. The van der Waals surface area contributed by atoms with Crippen LogP contribution in [0, 0.1) is 5.82 Å². The predicted octanol–water partition coefficient (Wildman–Crippen LogP) is 4.02. The number of amides is 2. The number of benzene rings is 2. The van der Waals surface area contributed by atoms with Gasteiger partial charge in [-0.1, -0.05) is 12.1 Å². The van der Waals surface area contributed by atoms with Crippen molar-refractivity contribution in [2.45, 2.75) is 26.8 Å². The number of carbonyl (C=O) groups excluding carboxylic acids is 2. The number of piperazine rings is 1. The standard InChI is InChI=1S/C23H28FN3O3/c1-4-30-20-7-5-6-18(14-20)16(2)25-23(29)27-12-10-26(11-13-27)22-9-8-19(17(3)28)15-21(22)24/h5-9,14-16H,4,10-13H2,1-3H3,(H,25,29). The van der Waals surface area contributed by atoms with Crippen LogP contribution < -0.4 is 15.0 Å². The molecule has 0 saturated carbocycles. The number of ether oxygens (including phenoxy) is 1. The Bertz CT molecular complexity index is 910. The number of hydrogen-bond acceptors (Lipinski definition) is 4. The molecule has 160 valence electrons. The molecule has 0 bridgehead atoms. The van der Waals surface area contributed by atoms with Crippen molar-refractivity contribution in [1.29, 1.82) is 0 Å². The van der Waals surface area contributed by atoms with E-state index in [2.05, 4.69) is 5.32 Å². The summed E-state index contributed by atoms with van der Waals surface area (Å²) in [7, 11) is 0. The lowest BCUT2D eigenvalue weighted by Crippen LogP contribution is -2.52. The molecule has 7 heteroatoms. The van der Waals surface area contributed by atoms with Gasteiger partial charge in [-0.3, -0.25) is 4.79 Å². The van der Waals surface area contributed by atoms with Gasteiger partial charge in [0.15, 0.2) is 5.78 Å². The Balaban J connectivity index is 1.56. The van der Waals surface area contributed by atoms with Crippen LogP contribution in [0.2, 0.25) is 0 Å². The highest BCUT2D eigenvalue weighted by Crippen LogP contribution is 2.23. The van der Waals surface area contributed by atoms with Gasteiger partial charge in [-0.05, 0) is 56.7 Å². The third-order valence-electron chi connectivity index (χ3n) is 5.27. The monoisotopic (exact) mass is 413 g/mol. The highest BCUT2D eigenvalue weighted by Gasteiger charge is 2.24. The summed E-state index contributed by atoms with van der Waals surface area (Å²) in [5, 5.41) is 3.02. The number of ketones is 1. The van der Waals surface area contributed by atoms with Crippen molar-refractivity contribution in [1.82, 2.24) is 10.2 Å². The summed E-state index contributed by atoms with van der Waals surface area (Å²) in [4.78, 5) is 27.7. The number of nitrogens with zero attached hydrogens (tertiary/aromatic N) is 2. The second-order valence-corrected chi connectivity index (χ2v) is 7.37. The van der Waals surface area contributed by atoms with Gasteiger partial charge in [-0.15, -0.1) is 0 Å². The smallest absolute Gasteiger partial charge is 0.317 e. The molecule has 0 aromatic heterocycles. The second-order valence-electron chi connectivity index (χ2n) is 7.37. The number of urea groups is 1. The van der Waals surface area contributed by atoms with Crippen molar-refractivity contribution in [2.24, 2.45) is 0 Å². The second kappa shape index (κ2) is 9.61. The van der Waals surface area contributed by atoms with Crippen molar-refractivity contribution in [3.63, 3.8) is 0 Å². The number of carbonyl (C=O) groups is 2. The average Bonchev–Trinajstić information content (AvgIpc) is 2.74. The maximum atomic E-state index is 14.4. The number of hydrogen-bond donors (Lipinski definition) is 1. The molecular weight excluding hydrogens is 385 g/mol. The van der Waals surface area contributed by atoms with Gasteiger partial charge in [0, 0.05) is 31.7 Å². The molecule has 2 aromatic rings. The summed E-state index contributed by atoms with van der Waals surface area (Å²) >= 11 is 0. The summed E-state index contributed by atoms with van der Waals surface area (Å²) in [6, 6.07) is 11.9. The fourth-order valence-electron chi connectivity index (χ4n) is 3.53. The van der Waals surface area contributed by atoms with E-state index in [1.807, 2.05) is 43.0 Å². The van der Waals surface area contributed by atoms with Crippen LogP contribution in [-0.4, -0.2) is 49.5 Å². The van der Waals surface area contributed by atoms with Crippen LogP contribution in [0.1, 0.15) is 42.7 Å². The zero-order chi connectivity index (χ0) is 21.7. The van der Waals surface area contributed by atoms with E-state index in [9.17, 15) is 14.0 Å². The van der Waals surface area contributed by atoms with Gasteiger partial charge in [-0.2, -0.15) is 0 Å². The first-order chi connectivity index (χ1) is 14.4. The topological polar surface area (TPSA) is 61.9 Å². The van der Waals surface area contributed by atoms with Crippen molar-refractivity contribution in [3.8, 4) is 5.75 Å². The van der Waals surface area contributed by atoms with E-state index in [1.54, 1.807) is 17.0 Å².